The first-order chi connectivity index (χ1) is 12.7. The van der Waals surface area contributed by atoms with E-state index in [-0.39, 0.29) is 0 Å². The van der Waals surface area contributed by atoms with Gasteiger partial charge in [-0.25, -0.2) is 9.67 Å². The van der Waals surface area contributed by atoms with Crippen molar-refractivity contribution in [2.75, 3.05) is 0 Å². The zero-order valence-electron chi connectivity index (χ0n) is 13.4. The molecular weight excluding hydrogens is 396 g/mol. The fourth-order valence-electron chi connectivity index (χ4n) is 2.19. The van der Waals surface area contributed by atoms with E-state index in [1.165, 1.54) is 17.5 Å². The topological polar surface area (TPSA) is 84.4 Å². The van der Waals surface area contributed by atoms with Crippen LogP contribution in [0, 0.1) is 0 Å². The maximum Gasteiger partial charge on any atom is 0.260 e. The fourth-order valence-corrected chi connectivity index (χ4v) is 3.68. The minimum absolute atomic E-state index is 0.466. The zero-order chi connectivity index (χ0) is 18.2. The molecule has 2 aromatic carbocycles. The molecule has 7 nitrogen and oxygen atoms in total. The predicted molar refractivity (Wildman–Crippen MR) is 101 cm³/mol. The third-order valence-electron chi connectivity index (χ3n) is 3.30. The van der Waals surface area contributed by atoms with Crippen LogP contribution in [-0.4, -0.2) is 14.8 Å². The van der Waals surface area contributed by atoms with Crippen LogP contribution in [0.15, 0.2) is 60.0 Å². The fraction of sp³-hybridized carbons (Fsp3) is 0.125. The number of hydrogen-bond acceptors (Lipinski definition) is 8. The normalized spacial score (nSPS) is 10.8. The molecule has 0 aliphatic heterocycles. The summed E-state index contributed by atoms with van der Waals surface area (Å²) < 4.78 is 11.4. The first-order valence-electron chi connectivity index (χ1n) is 7.44. The average molecular weight is 411 g/mol. The van der Waals surface area contributed by atoms with E-state index in [0.29, 0.717) is 29.6 Å². The first kappa shape index (κ1) is 19.0. The summed E-state index contributed by atoms with van der Waals surface area (Å²) >= 11 is 8.47. The van der Waals surface area contributed by atoms with Gasteiger partial charge in [0.25, 0.3) is 12.3 Å². The number of nitrogens with zero attached hydrogens (tertiary/aromatic N) is 3. The molecule has 2 N–H and O–H groups in total. The highest BCUT2D eigenvalue weighted by Crippen LogP contribution is 2.33. The van der Waals surface area contributed by atoms with Gasteiger partial charge in [-0.05, 0) is 29.3 Å². The van der Waals surface area contributed by atoms with Crippen molar-refractivity contribution in [2.24, 2.45) is 5.90 Å². The number of hydrogen-bond donors (Lipinski definition) is 1. The molecular formula is C16H15ClN4O3S2. The van der Waals surface area contributed by atoms with E-state index < -0.39 is 0 Å². The van der Waals surface area contributed by atoms with Crippen molar-refractivity contribution < 1.29 is 13.5 Å². The van der Waals surface area contributed by atoms with Crippen molar-refractivity contribution in [3.05, 3.63) is 71.3 Å². The number of benzene rings is 2. The van der Waals surface area contributed by atoms with Crippen LogP contribution in [0.1, 0.15) is 11.1 Å². The maximum absolute atomic E-state index is 6.20. The van der Waals surface area contributed by atoms with Crippen LogP contribution in [0.2, 0.25) is 5.02 Å². The lowest BCUT2D eigenvalue weighted by molar-refractivity contribution is -0.199. The Labute approximate surface area is 164 Å². The molecule has 1 aromatic heterocycles. The third kappa shape index (κ3) is 5.63. The Morgan fingerprint density at radius 3 is 2.81 bits per heavy atom. The summed E-state index contributed by atoms with van der Waals surface area (Å²) in [4.78, 5) is 8.93. The quantitative estimate of drug-likeness (QED) is 0.186. The molecule has 0 spiro atoms. The molecule has 1 heterocycles. The Morgan fingerprint density at radius 2 is 2.04 bits per heavy atom. The van der Waals surface area contributed by atoms with Crippen LogP contribution in [0.3, 0.4) is 0 Å². The molecule has 0 fully saturated rings. The molecule has 136 valence electrons. The number of rotatable bonds is 9. The van der Waals surface area contributed by atoms with E-state index in [0.717, 1.165) is 10.6 Å². The van der Waals surface area contributed by atoms with Gasteiger partial charge >= 0.3 is 0 Å². The Hall–Kier alpha value is -1.75. The number of nitrogens with two attached hydrogens (primary N) is 1. The molecule has 26 heavy (non-hydrogen) atoms. The Balaban J connectivity index is 1.57. The van der Waals surface area contributed by atoms with Crippen molar-refractivity contribution >= 4 is 35.7 Å². The van der Waals surface area contributed by atoms with Gasteiger partial charge in [-0.15, -0.1) is 21.1 Å². The van der Waals surface area contributed by atoms with Crippen LogP contribution >= 0.6 is 35.7 Å². The molecule has 0 atom stereocenters. The standard InChI is InChI=1S/C16H15ClN4O3S2/c17-15-7-14(4-5-16(15)22-26-24-23-18)25-9-13-3-1-2-12(6-13)8-21-11-19-10-20-21/h1-7,10-11H,8-9,18H2. The molecule has 3 aromatic rings. The Kier molecular flexibility index (Phi) is 7.18. The van der Waals surface area contributed by atoms with Gasteiger partial charge in [-0.2, -0.15) is 11.0 Å². The summed E-state index contributed by atoms with van der Waals surface area (Å²) in [6, 6.07) is 13.9. The van der Waals surface area contributed by atoms with Crippen LogP contribution in [0.5, 0.6) is 5.75 Å². The van der Waals surface area contributed by atoms with E-state index in [1.807, 2.05) is 18.2 Å². The van der Waals surface area contributed by atoms with Gasteiger partial charge < -0.3 is 4.18 Å². The van der Waals surface area contributed by atoms with E-state index in [1.54, 1.807) is 28.8 Å². The second kappa shape index (κ2) is 9.81. The van der Waals surface area contributed by atoms with E-state index in [4.69, 9.17) is 21.7 Å². The van der Waals surface area contributed by atoms with Gasteiger partial charge in [-0.1, -0.05) is 35.9 Å². The summed E-state index contributed by atoms with van der Waals surface area (Å²) in [5.74, 6) is 6.02. The molecule has 0 aliphatic carbocycles. The van der Waals surface area contributed by atoms with Gasteiger partial charge in [0.05, 0.1) is 11.6 Å². The van der Waals surface area contributed by atoms with Crippen LogP contribution < -0.4 is 10.1 Å². The lowest BCUT2D eigenvalue weighted by Gasteiger charge is -2.08. The Morgan fingerprint density at radius 1 is 1.15 bits per heavy atom. The molecule has 0 amide bonds. The molecule has 0 radical (unpaired) electrons. The lowest BCUT2D eigenvalue weighted by Crippen LogP contribution is -2.00. The van der Waals surface area contributed by atoms with Crippen molar-refractivity contribution in [3.8, 4) is 5.75 Å². The highest BCUT2D eigenvalue weighted by Gasteiger charge is 2.06. The predicted octanol–water partition coefficient (Wildman–Crippen LogP) is 4.04. The average Bonchev–Trinajstić information content (AvgIpc) is 3.15. The smallest absolute Gasteiger partial charge is 0.260 e. The first-order valence-corrected chi connectivity index (χ1v) is 9.47. The van der Waals surface area contributed by atoms with Gasteiger partial charge in [0, 0.05) is 10.6 Å². The van der Waals surface area contributed by atoms with E-state index >= 15 is 0 Å². The van der Waals surface area contributed by atoms with Gasteiger partial charge in [0.15, 0.2) is 5.75 Å². The highest BCUT2D eigenvalue weighted by atomic mass is 35.5. The van der Waals surface area contributed by atoms with Crippen molar-refractivity contribution in [3.63, 3.8) is 0 Å². The van der Waals surface area contributed by atoms with Crippen LogP contribution in [0.25, 0.3) is 0 Å². The molecule has 3 rings (SSSR count). The summed E-state index contributed by atoms with van der Waals surface area (Å²) in [6.45, 7) is 0.697. The second-order valence-corrected chi connectivity index (χ2v) is 7.00. The summed E-state index contributed by atoms with van der Waals surface area (Å²) in [5, 5.41) is 4.60. The van der Waals surface area contributed by atoms with Crippen LogP contribution in [0.4, 0.5) is 0 Å². The third-order valence-corrected chi connectivity index (χ3v) is 5.04. The largest absolute Gasteiger partial charge is 0.397 e. The highest BCUT2D eigenvalue weighted by molar-refractivity contribution is 7.98. The SMILES string of the molecule is NOOSOc1ccc(SCc2cccc(Cn3cncn3)c2)cc1Cl. The zero-order valence-corrected chi connectivity index (χ0v) is 15.8. The monoisotopic (exact) mass is 410 g/mol. The van der Waals surface area contributed by atoms with Gasteiger partial charge in [0.1, 0.15) is 12.7 Å². The maximum atomic E-state index is 6.20. The molecule has 0 saturated heterocycles. The van der Waals surface area contributed by atoms with Gasteiger partial charge in [0.2, 0.25) is 0 Å². The second-order valence-electron chi connectivity index (χ2n) is 5.11. The summed E-state index contributed by atoms with van der Waals surface area (Å²) in [7, 11) is 0. The molecule has 0 aliphatic rings. The molecule has 10 heteroatoms. The number of halogens is 1. The van der Waals surface area contributed by atoms with Crippen molar-refractivity contribution in [1.29, 1.82) is 0 Å². The Bertz CT molecular complexity index is 836. The van der Waals surface area contributed by atoms with E-state index in [9.17, 15) is 0 Å². The minimum atomic E-state index is 0.466. The minimum Gasteiger partial charge on any atom is -0.397 e. The number of thioether (sulfide) groups is 1. The van der Waals surface area contributed by atoms with Crippen molar-refractivity contribution in [2.45, 2.75) is 17.2 Å². The summed E-state index contributed by atoms with van der Waals surface area (Å²) in [6.07, 6.45) is 3.24. The summed E-state index contributed by atoms with van der Waals surface area (Å²) in [5.41, 5.74) is 2.39. The van der Waals surface area contributed by atoms with Gasteiger partial charge in [-0.3, -0.25) is 0 Å². The number of aromatic nitrogens is 3. The van der Waals surface area contributed by atoms with E-state index in [2.05, 4.69) is 37.6 Å². The molecule has 0 saturated carbocycles. The lowest BCUT2D eigenvalue weighted by atomic mass is 10.1. The molecule has 0 unspecified atom stereocenters. The molecule has 0 bridgehead atoms. The van der Waals surface area contributed by atoms with Crippen LogP contribution in [-0.2, 0) is 21.6 Å². The van der Waals surface area contributed by atoms with Crippen molar-refractivity contribution in [1.82, 2.24) is 14.8 Å².